The first kappa shape index (κ1) is 16.2. The van der Waals surface area contributed by atoms with Crippen molar-refractivity contribution >= 4 is 9.84 Å². The molecule has 1 heterocycles. The lowest BCUT2D eigenvalue weighted by atomic mass is 10.1. The first-order valence-corrected chi connectivity index (χ1v) is 9.02. The molecule has 0 aliphatic carbocycles. The fourth-order valence-electron chi connectivity index (χ4n) is 1.98. The van der Waals surface area contributed by atoms with Gasteiger partial charge in [0, 0.05) is 18.4 Å². The van der Waals surface area contributed by atoms with E-state index in [4.69, 9.17) is 4.42 Å². The van der Waals surface area contributed by atoms with Gasteiger partial charge in [0.15, 0.2) is 0 Å². The Morgan fingerprint density at radius 2 is 2.05 bits per heavy atom. The smallest absolute Gasteiger partial charge is 0.147 e. The van der Waals surface area contributed by atoms with Crippen LogP contribution in [0.3, 0.4) is 0 Å². The van der Waals surface area contributed by atoms with Crippen molar-refractivity contribution in [3.05, 3.63) is 23.7 Å². The molecule has 1 aromatic rings. The summed E-state index contributed by atoms with van der Waals surface area (Å²) in [5.41, 5.74) is 0. The van der Waals surface area contributed by atoms with Crippen molar-refractivity contribution in [1.82, 2.24) is 5.32 Å². The zero-order valence-electron chi connectivity index (χ0n) is 12.1. The Bertz CT molecular complexity index is 465. The fourth-order valence-corrected chi connectivity index (χ4v) is 2.68. The molecule has 0 aliphatic heterocycles. The third-order valence-electron chi connectivity index (χ3n) is 3.02. The normalized spacial score (nSPS) is 13.6. The van der Waals surface area contributed by atoms with Crippen LogP contribution in [0.25, 0.3) is 0 Å². The number of rotatable bonds is 9. The highest BCUT2D eigenvalue weighted by molar-refractivity contribution is 7.90. The average Bonchev–Trinajstić information content (AvgIpc) is 2.80. The minimum Gasteiger partial charge on any atom is -0.464 e. The van der Waals surface area contributed by atoms with Crippen LogP contribution in [0.15, 0.2) is 16.5 Å². The molecule has 1 N–H and O–H groups in total. The van der Waals surface area contributed by atoms with Gasteiger partial charge in [-0.1, -0.05) is 13.8 Å². The Hall–Kier alpha value is -0.810. The van der Waals surface area contributed by atoms with Gasteiger partial charge < -0.3 is 9.73 Å². The lowest BCUT2D eigenvalue weighted by Gasteiger charge is -2.16. The summed E-state index contributed by atoms with van der Waals surface area (Å²) in [4.78, 5) is 0. The molecule has 0 saturated heterocycles. The summed E-state index contributed by atoms with van der Waals surface area (Å²) in [5.74, 6) is 2.12. The van der Waals surface area contributed by atoms with E-state index in [1.54, 1.807) is 0 Å². The number of nitrogens with one attached hydrogen (secondary N) is 1. The van der Waals surface area contributed by atoms with Gasteiger partial charge in [0.1, 0.15) is 21.4 Å². The van der Waals surface area contributed by atoms with E-state index in [2.05, 4.69) is 19.2 Å². The highest BCUT2D eigenvalue weighted by atomic mass is 32.2. The van der Waals surface area contributed by atoms with Crippen LogP contribution in [0, 0.1) is 0 Å². The third kappa shape index (κ3) is 6.25. The molecule has 110 valence electrons. The van der Waals surface area contributed by atoms with Crippen LogP contribution < -0.4 is 5.32 Å². The Kier molecular flexibility index (Phi) is 6.58. The number of furan rings is 1. The highest BCUT2D eigenvalue weighted by Gasteiger charge is 2.15. The highest BCUT2D eigenvalue weighted by Crippen LogP contribution is 2.21. The maximum absolute atomic E-state index is 11.2. The SMILES string of the molecule is CCCNC(CCCS(C)(=O)=O)c1ccc(CC)o1. The van der Waals surface area contributed by atoms with E-state index in [0.717, 1.165) is 37.3 Å². The largest absolute Gasteiger partial charge is 0.464 e. The van der Waals surface area contributed by atoms with Crippen LogP contribution in [-0.2, 0) is 16.3 Å². The average molecular weight is 287 g/mol. The molecule has 0 aliphatic rings. The van der Waals surface area contributed by atoms with Crippen LogP contribution in [0.5, 0.6) is 0 Å². The van der Waals surface area contributed by atoms with Gasteiger partial charge in [-0.15, -0.1) is 0 Å². The van der Waals surface area contributed by atoms with Crippen molar-refractivity contribution in [3.8, 4) is 0 Å². The number of sulfone groups is 1. The van der Waals surface area contributed by atoms with Crippen LogP contribution in [-0.4, -0.2) is 27.0 Å². The monoisotopic (exact) mass is 287 g/mol. The van der Waals surface area contributed by atoms with Crippen LogP contribution in [0.4, 0.5) is 0 Å². The van der Waals surface area contributed by atoms with Crippen molar-refractivity contribution in [2.75, 3.05) is 18.6 Å². The first-order chi connectivity index (χ1) is 8.96. The van der Waals surface area contributed by atoms with Crippen molar-refractivity contribution in [2.45, 2.75) is 45.6 Å². The second-order valence-electron chi connectivity index (χ2n) is 4.94. The van der Waals surface area contributed by atoms with Crippen LogP contribution in [0.1, 0.15) is 50.7 Å². The lowest BCUT2D eigenvalue weighted by molar-refractivity contribution is 0.378. The molecular formula is C14H25NO3S. The molecule has 19 heavy (non-hydrogen) atoms. The maximum atomic E-state index is 11.2. The molecule has 5 heteroatoms. The molecule has 0 aromatic carbocycles. The summed E-state index contributed by atoms with van der Waals surface area (Å²) in [7, 11) is -2.88. The van der Waals surface area contributed by atoms with E-state index in [1.807, 2.05) is 12.1 Å². The maximum Gasteiger partial charge on any atom is 0.147 e. The Morgan fingerprint density at radius 3 is 2.58 bits per heavy atom. The first-order valence-electron chi connectivity index (χ1n) is 6.96. The Labute approximate surface area is 116 Å². The zero-order valence-corrected chi connectivity index (χ0v) is 12.9. The van der Waals surface area contributed by atoms with Gasteiger partial charge in [0.05, 0.1) is 6.04 Å². The predicted molar refractivity (Wildman–Crippen MR) is 78.1 cm³/mol. The van der Waals surface area contributed by atoms with E-state index in [9.17, 15) is 8.42 Å². The van der Waals surface area contributed by atoms with Gasteiger partial charge in [-0.2, -0.15) is 0 Å². The van der Waals surface area contributed by atoms with Gasteiger partial charge in [0.2, 0.25) is 0 Å². The van der Waals surface area contributed by atoms with Crippen LogP contribution in [0.2, 0.25) is 0 Å². The van der Waals surface area contributed by atoms with Crippen molar-refractivity contribution < 1.29 is 12.8 Å². The molecule has 0 fully saturated rings. The predicted octanol–water partition coefficient (Wildman–Crippen LogP) is 2.71. The van der Waals surface area contributed by atoms with E-state index in [0.29, 0.717) is 6.42 Å². The van der Waals surface area contributed by atoms with Gasteiger partial charge in [-0.05, 0) is 37.9 Å². The van der Waals surface area contributed by atoms with E-state index < -0.39 is 9.84 Å². The number of hydrogen-bond donors (Lipinski definition) is 1. The van der Waals surface area contributed by atoms with E-state index >= 15 is 0 Å². The lowest BCUT2D eigenvalue weighted by Crippen LogP contribution is -2.22. The molecule has 1 rings (SSSR count). The zero-order chi connectivity index (χ0) is 14.3. The standard InChI is InChI=1S/C14H25NO3S/c1-4-10-15-13(7-6-11-19(3,16)17)14-9-8-12(5-2)18-14/h8-9,13,15H,4-7,10-11H2,1-3H3. The Morgan fingerprint density at radius 1 is 1.32 bits per heavy atom. The van der Waals surface area contributed by atoms with Gasteiger partial charge in [-0.3, -0.25) is 0 Å². The summed E-state index contributed by atoms with van der Waals surface area (Å²) in [6, 6.07) is 4.10. The molecule has 0 spiro atoms. The van der Waals surface area contributed by atoms with Crippen molar-refractivity contribution in [2.24, 2.45) is 0 Å². The third-order valence-corrected chi connectivity index (χ3v) is 4.05. The van der Waals surface area contributed by atoms with Crippen LogP contribution >= 0.6 is 0 Å². The summed E-state index contributed by atoms with van der Waals surface area (Å²) < 4.78 is 28.1. The van der Waals surface area contributed by atoms with Gasteiger partial charge >= 0.3 is 0 Å². The molecule has 1 aromatic heterocycles. The molecule has 0 amide bonds. The fraction of sp³-hybridized carbons (Fsp3) is 0.714. The minimum absolute atomic E-state index is 0.113. The quantitative estimate of drug-likeness (QED) is 0.758. The topological polar surface area (TPSA) is 59.3 Å². The summed E-state index contributed by atoms with van der Waals surface area (Å²) in [6.45, 7) is 5.08. The molecule has 0 radical (unpaired) electrons. The molecule has 4 nitrogen and oxygen atoms in total. The summed E-state index contributed by atoms with van der Waals surface area (Å²) >= 11 is 0. The minimum atomic E-state index is -2.88. The summed E-state index contributed by atoms with van der Waals surface area (Å²) in [5, 5.41) is 3.42. The molecule has 0 saturated carbocycles. The molecule has 1 atom stereocenters. The molecule has 1 unspecified atom stereocenters. The van der Waals surface area contributed by atoms with Crippen molar-refractivity contribution in [1.29, 1.82) is 0 Å². The number of hydrogen-bond acceptors (Lipinski definition) is 4. The van der Waals surface area contributed by atoms with Gasteiger partial charge in [-0.25, -0.2) is 8.42 Å². The Balaban J connectivity index is 2.60. The molecule has 0 bridgehead atoms. The van der Waals surface area contributed by atoms with E-state index in [-0.39, 0.29) is 11.8 Å². The second-order valence-corrected chi connectivity index (χ2v) is 7.20. The number of aryl methyl sites for hydroxylation is 1. The second kappa shape index (κ2) is 7.70. The van der Waals surface area contributed by atoms with Gasteiger partial charge in [0.25, 0.3) is 0 Å². The van der Waals surface area contributed by atoms with Crippen molar-refractivity contribution in [3.63, 3.8) is 0 Å². The molecular weight excluding hydrogens is 262 g/mol. The summed E-state index contributed by atoms with van der Waals surface area (Å²) in [6.07, 6.45) is 4.64. The van der Waals surface area contributed by atoms with E-state index in [1.165, 1.54) is 6.26 Å².